The Labute approximate surface area is 182 Å². The van der Waals surface area contributed by atoms with Crippen LogP contribution in [0.25, 0.3) is 10.9 Å². The lowest BCUT2D eigenvalue weighted by molar-refractivity contribution is 0.217. The van der Waals surface area contributed by atoms with Crippen molar-refractivity contribution in [3.63, 3.8) is 0 Å². The number of fused-ring (bicyclic) bond motifs is 3. The molecule has 0 radical (unpaired) electrons. The highest BCUT2D eigenvalue weighted by atomic mass is 79.9. The summed E-state index contributed by atoms with van der Waals surface area (Å²) < 4.78 is 3.79. The highest BCUT2D eigenvalue weighted by Gasteiger charge is 2.24. The molecule has 152 valence electrons. The molecule has 0 atom stereocenters. The molecule has 2 aromatic carbocycles. The summed E-state index contributed by atoms with van der Waals surface area (Å²) in [7, 11) is 0. The highest BCUT2D eigenvalue weighted by molar-refractivity contribution is 9.10. The third-order valence-corrected chi connectivity index (χ3v) is 7.18. The number of hydrogen-bond acceptors (Lipinski definition) is 2. The average molecular weight is 452 g/mol. The topological polar surface area (TPSA) is 11.4 Å². The van der Waals surface area contributed by atoms with Crippen molar-refractivity contribution in [1.29, 1.82) is 0 Å². The van der Waals surface area contributed by atoms with E-state index in [1.165, 1.54) is 55.4 Å². The van der Waals surface area contributed by atoms with Crippen LogP contribution in [-0.4, -0.2) is 40.5 Å². The number of nitrogens with zero attached hydrogens (tertiary/aromatic N) is 3. The van der Waals surface area contributed by atoms with Crippen LogP contribution in [0, 0.1) is 0 Å². The van der Waals surface area contributed by atoms with Crippen molar-refractivity contribution in [2.45, 2.75) is 45.3 Å². The fourth-order valence-corrected chi connectivity index (χ4v) is 5.38. The van der Waals surface area contributed by atoms with E-state index in [0.29, 0.717) is 0 Å². The van der Waals surface area contributed by atoms with Crippen LogP contribution in [0.15, 0.2) is 53.0 Å². The molecule has 0 amide bonds. The van der Waals surface area contributed by atoms with Gasteiger partial charge in [0, 0.05) is 60.2 Å². The molecule has 29 heavy (non-hydrogen) atoms. The summed E-state index contributed by atoms with van der Waals surface area (Å²) in [6.07, 6.45) is 5.30. The molecule has 3 heterocycles. The molecule has 2 aliphatic rings. The van der Waals surface area contributed by atoms with Gasteiger partial charge >= 0.3 is 0 Å². The number of para-hydroxylation sites is 1. The lowest BCUT2D eigenvalue weighted by Gasteiger charge is -2.29. The van der Waals surface area contributed by atoms with E-state index < -0.39 is 0 Å². The van der Waals surface area contributed by atoms with Gasteiger partial charge in [0.15, 0.2) is 0 Å². The zero-order valence-electron chi connectivity index (χ0n) is 17.1. The van der Waals surface area contributed by atoms with Gasteiger partial charge in [0.05, 0.1) is 0 Å². The molecule has 4 heteroatoms. The molecule has 2 aliphatic heterocycles. The maximum Gasteiger partial charge on any atom is 0.0486 e. The summed E-state index contributed by atoms with van der Waals surface area (Å²) in [5, 5.41) is 1.46. The second-order valence-electron chi connectivity index (χ2n) is 8.58. The first-order valence-electron chi connectivity index (χ1n) is 11.1. The molecule has 0 N–H and O–H groups in total. The number of rotatable bonds is 5. The number of benzene rings is 2. The zero-order valence-corrected chi connectivity index (χ0v) is 18.7. The quantitative estimate of drug-likeness (QED) is 0.510. The van der Waals surface area contributed by atoms with Crippen LogP contribution in [-0.2, 0) is 26.1 Å². The molecule has 1 aromatic heterocycles. The van der Waals surface area contributed by atoms with Gasteiger partial charge in [0.25, 0.3) is 0 Å². The Balaban J connectivity index is 1.37. The molecule has 3 nitrogen and oxygen atoms in total. The van der Waals surface area contributed by atoms with Gasteiger partial charge in [-0.05, 0) is 55.3 Å². The predicted molar refractivity (Wildman–Crippen MR) is 124 cm³/mol. The van der Waals surface area contributed by atoms with Gasteiger partial charge in [-0.3, -0.25) is 4.90 Å². The van der Waals surface area contributed by atoms with Gasteiger partial charge in [0.1, 0.15) is 0 Å². The summed E-state index contributed by atoms with van der Waals surface area (Å²) in [5.74, 6) is 0. The van der Waals surface area contributed by atoms with E-state index in [0.717, 1.165) is 37.1 Å². The minimum atomic E-state index is 1.03. The Hall–Kier alpha value is -1.62. The van der Waals surface area contributed by atoms with Crippen LogP contribution < -0.4 is 0 Å². The molecule has 0 saturated carbocycles. The SMILES string of the molecule is Brc1ccc(CN2CCc3c(c4ccccc4n3CCN3CCCCC3)C2)cc1. The molecule has 0 bridgehead atoms. The smallest absolute Gasteiger partial charge is 0.0486 e. The van der Waals surface area contributed by atoms with Crippen molar-refractivity contribution in [3.8, 4) is 0 Å². The second kappa shape index (κ2) is 8.63. The maximum atomic E-state index is 3.55. The predicted octanol–water partition coefficient (Wildman–Crippen LogP) is 5.45. The summed E-state index contributed by atoms with van der Waals surface area (Å²) in [6, 6.07) is 17.8. The lowest BCUT2D eigenvalue weighted by atomic mass is 10.0. The fourth-order valence-electron chi connectivity index (χ4n) is 5.12. The molecular weight excluding hydrogens is 422 g/mol. The van der Waals surface area contributed by atoms with Gasteiger partial charge in [-0.25, -0.2) is 0 Å². The number of halogens is 1. The van der Waals surface area contributed by atoms with Crippen LogP contribution in [0.3, 0.4) is 0 Å². The van der Waals surface area contributed by atoms with E-state index >= 15 is 0 Å². The van der Waals surface area contributed by atoms with Gasteiger partial charge in [-0.1, -0.05) is 52.7 Å². The van der Waals surface area contributed by atoms with Crippen LogP contribution >= 0.6 is 15.9 Å². The Bertz CT molecular complexity index is 970. The third-order valence-electron chi connectivity index (χ3n) is 6.65. The minimum Gasteiger partial charge on any atom is -0.343 e. The highest BCUT2D eigenvalue weighted by Crippen LogP contribution is 2.31. The van der Waals surface area contributed by atoms with Crippen LogP contribution in [0.2, 0.25) is 0 Å². The van der Waals surface area contributed by atoms with Crippen molar-refractivity contribution >= 4 is 26.8 Å². The molecule has 0 aliphatic carbocycles. The largest absolute Gasteiger partial charge is 0.343 e. The molecule has 0 unspecified atom stereocenters. The summed E-state index contributed by atoms with van der Waals surface area (Å²) >= 11 is 3.55. The Morgan fingerprint density at radius 3 is 2.41 bits per heavy atom. The van der Waals surface area contributed by atoms with E-state index in [1.807, 2.05) is 0 Å². The summed E-state index contributed by atoms with van der Waals surface area (Å²) in [6.45, 7) is 8.10. The molecule has 1 fully saturated rings. The van der Waals surface area contributed by atoms with E-state index in [2.05, 4.69) is 78.8 Å². The van der Waals surface area contributed by atoms with Crippen LogP contribution in [0.1, 0.15) is 36.1 Å². The van der Waals surface area contributed by atoms with Crippen molar-refractivity contribution in [3.05, 3.63) is 69.8 Å². The van der Waals surface area contributed by atoms with Gasteiger partial charge in [0.2, 0.25) is 0 Å². The summed E-state index contributed by atoms with van der Waals surface area (Å²) in [4.78, 5) is 5.26. The van der Waals surface area contributed by atoms with Gasteiger partial charge in [-0.15, -0.1) is 0 Å². The Morgan fingerprint density at radius 2 is 1.59 bits per heavy atom. The van der Waals surface area contributed by atoms with Gasteiger partial charge in [-0.2, -0.15) is 0 Å². The first-order chi connectivity index (χ1) is 14.3. The molecular formula is C25H30BrN3. The van der Waals surface area contributed by atoms with E-state index in [1.54, 1.807) is 11.3 Å². The normalized spacial score (nSPS) is 18.2. The Kier molecular flexibility index (Phi) is 5.76. The third kappa shape index (κ3) is 4.16. The standard InChI is InChI=1S/C25H30BrN3/c26-21-10-8-20(9-11-21)18-28-15-12-25-23(19-28)22-6-2-3-7-24(22)29(25)17-16-27-13-4-1-5-14-27/h2-3,6-11H,1,4-5,12-19H2. The van der Waals surface area contributed by atoms with Crippen LogP contribution in [0.5, 0.6) is 0 Å². The zero-order chi connectivity index (χ0) is 19.6. The molecule has 1 saturated heterocycles. The molecule has 0 spiro atoms. The summed E-state index contributed by atoms with van der Waals surface area (Å²) in [5.41, 5.74) is 5.96. The lowest BCUT2D eigenvalue weighted by Crippen LogP contribution is -2.34. The number of hydrogen-bond donors (Lipinski definition) is 0. The number of aromatic nitrogens is 1. The van der Waals surface area contributed by atoms with Crippen molar-refractivity contribution in [2.24, 2.45) is 0 Å². The number of piperidine rings is 1. The molecule has 3 aromatic rings. The first kappa shape index (κ1) is 19.3. The van der Waals surface area contributed by atoms with E-state index in [4.69, 9.17) is 0 Å². The van der Waals surface area contributed by atoms with Gasteiger partial charge < -0.3 is 9.47 Å². The average Bonchev–Trinajstić information content (AvgIpc) is 3.08. The monoisotopic (exact) mass is 451 g/mol. The first-order valence-corrected chi connectivity index (χ1v) is 11.9. The van der Waals surface area contributed by atoms with Crippen molar-refractivity contribution < 1.29 is 0 Å². The van der Waals surface area contributed by atoms with E-state index in [-0.39, 0.29) is 0 Å². The van der Waals surface area contributed by atoms with Crippen molar-refractivity contribution in [2.75, 3.05) is 26.2 Å². The maximum absolute atomic E-state index is 3.55. The van der Waals surface area contributed by atoms with Crippen LogP contribution in [0.4, 0.5) is 0 Å². The number of likely N-dealkylation sites (tertiary alicyclic amines) is 1. The van der Waals surface area contributed by atoms with Crippen molar-refractivity contribution in [1.82, 2.24) is 14.4 Å². The fraction of sp³-hybridized carbons (Fsp3) is 0.440. The molecule has 5 rings (SSSR count). The second-order valence-corrected chi connectivity index (χ2v) is 9.50. The van der Waals surface area contributed by atoms with E-state index in [9.17, 15) is 0 Å². The Morgan fingerprint density at radius 1 is 0.793 bits per heavy atom. The minimum absolute atomic E-state index is 1.03.